The Kier molecular flexibility index (Phi) is 4.48. The van der Waals surface area contributed by atoms with Gasteiger partial charge in [0.15, 0.2) is 0 Å². The Hall–Kier alpha value is -1.81. The minimum absolute atomic E-state index is 0.400. The molecule has 2 N–H and O–H groups in total. The SMILES string of the molecule is NC(c1ccc(Cl)cc1Cl)c1nccn1Cc1ccccc1. The lowest BCUT2D eigenvalue weighted by Crippen LogP contribution is -2.18. The van der Waals surface area contributed by atoms with Gasteiger partial charge in [-0.25, -0.2) is 4.98 Å². The van der Waals surface area contributed by atoms with E-state index in [9.17, 15) is 0 Å². The highest BCUT2D eigenvalue weighted by molar-refractivity contribution is 6.35. The van der Waals surface area contributed by atoms with Crippen molar-refractivity contribution in [1.29, 1.82) is 0 Å². The van der Waals surface area contributed by atoms with Gasteiger partial charge in [-0.1, -0.05) is 59.6 Å². The molecule has 5 heteroatoms. The molecule has 1 aromatic heterocycles. The maximum atomic E-state index is 6.36. The highest BCUT2D eigenvalue weighted by Gasteiger charge is 2.17. The number of benzene rings is 2. The van der Waals surface area contributed by atoms with E-state index >= 15 is 0 Å². The van der Waals surface area contributed by atoms with Gasteiger partial charge in [0.1, 0.15) is 5.82 Å². The highest BCUT2D eigenvalue weighted by atomic mass is 35.5. The third kappa shape index (κ3) is 3.17. The van der Waals surface area contributed by atoms with Crippen LogP contribution in [0, 0.1) is 0 Å². The molecule has 3 nitrogen and oxygen atoms in total. The van der Waals surface area contributed by atoms with Crippen LogP contribution < -0.4 is 5.73 Å². The number of halogens is 2. The van der Waals surface area contributed by atoms with E-state index in [2.05, 4.69) is 17.1 Å². The molecule has 1 heterocycles. The second-order valence-electron chi connectivity index (χ2n) is 5.04. The van der Waals surface area contributed by atoms with Crippen molar-refractivity contribution in [1.82, 2.24) is 9.55 Å². The quantitative estimate of drug-likeness (QED) is 0.775. The van der Waals surface area contributed by atoms with Crippen LogP contribution in [0.2, 0.25) is 10.0 Å². The summed E-state index contributed by atoms with van der Waals surface area (Å²) in [5.74, 6) is 0.771. The van der Waals surface area contributed by atoms with Gasteiger partial charge >= 0.3 is 0 Å². The number of hydrogen-bond acceptors (Lipinski definition) is 2. The maximum absolute atomic E-state index is 6.36. The van der Waals surface area contributed by atoms with E-state index in [1.54, 1.807) is 18.3 Å². The van der Waals surface area contributed by atoms with Crippen LogP contribution in [0.15, 0.2) is 60.9 Å². The number of aromatic nitrogens is 2. The van der Waals surface area contributed by atoms with Crippen LogP contribution in [0.5, 0.6) is 0 Å². The van der Waals surface area contributed by atoms with Crippen LogP contribution in [-0.4, -0.2) is 9.55 Å². The fourth-order valence-electron chi connectivity index (χ4n) is 2.41. The minimum atomic E-state index is -0.400. The lowest BCUT2D eigenvalue weighted by atomic mass is 10.1. The first kappa shape index (κ1) is 15.1. The number of nitrogens with zero attached hydrogens (tertiary/aromatic N) is 2. The first-order valence-electron chi connectivity index (χ1n) is 6.90. The molecule has 22 heavy (non-hydrogen) atoms. The molecular weight excluding hydrogens is 317 g/mol. The molecule has 0 saturated carbocycles. The first-order valence-corrected chi connectivity index (χ1v) is 7.66. The van der Waals surface area contributed by atoms with Crippen molar-refractivity contribution in [3.05, 3.63) is 87.9 Å². The highest BCUT2D eigenvalue weighted by Crippen LogP contribution is 2.28. The van der Waals surface area contributed by atoms with Crippen molar-refractivity contribution >= 4 is 23.2 Å². The summed E-state index contributed by atoms with van der Waals surface area (Å²) in [6.07, 6.45) is 3.67. The topological polar surface area (TPSA) is 43.8 Å². The Morgan fingerprint density at radius 2 is 1.86 bits per heavy atom. The predicted molar refractivity (Wildman–Crippen MR) is 90.3 cm³/mol. The zero-order chi connectivity index (χ0) is 15.5. The molecule has 0 bridgehead atoms. The molecule has 0 fully saturated rings. The minimum Gasteiger partial charge on any atom is -0.329 e. The number of rotatable bonds is 4. The van der Waals surface area contributed by atoms with Crippen molar-refractivity contribution in [2.75, 3.05) is 0 Å². The van der Waals surface area contributed by atoms with Crippen LogP contribution in [0.4, 0.5) is 0 Å². The second kappa shape index (κ2) is 6.53. The summed E-state index contributed by atoms with van der Waals surface area (Å²) in [5, 5.41) is 1.14. The molecule has 1 atom stereocenters. The van der Waals surface area contributed by atoms with Crippen molar-refractivity contribution < 1.29 is 0 Å². The number of nitrogens with two attached hydrogens (primary N) is 1. The van der Waals surface area contributed by atoms with E-state index in [1.807, 2.05) is 35.0 Å². The fourth-order valence-corrected chi connectivity index (χ4v) is 2.93. The molecule has 2 aromatic carbocycles. The van der Waals surface area contributed by atoms with E-state index in [0.717, 1.165) is 17.9 Å². The zero-order valence-electron chi connectivity index (χ0n) is 11.8. The Bertz CT molecular complexity index is 769. The van der Waals surface area contributed by atoms with Crippen molar-refractivity contribution in [2.45, 2.75) is 12.6 Å². The Morgan fingerprint density at radius 3 is 2.59 bits per heavy atom. The number of hydrogen-bond donors (Lipinski definition) is 1. The molecule has 3 aromatic rings. The van der Waals surface area contributed by atoms with Gasteiger partial charge in [0, 0.05) is 29.0 Å². The van der Waals surface area contributed by atoms with Crippen molar-refractivity contribution in [2.24, 2.45) is 5.73 Å². The summed E-state index contributed by atoms with van der Waals surface area (Å²) < 4.78 is 2.03. The Labute approximate surface area is 139 Å². The average molecular weight is 332 g/mol. The Balaban J connectivity index is 1.91. The largest absolute Gasteiger partial charge is 0.329 e. The lowest BCUT2D eigenvalue weighted by molar-refractivity contribution is 0.674. The van der Waals surface area contributed by atoms with E-state index in [0.29, 0.717) is 10.0 Å². The molecule has 0 radical (unpaired) electrons. The van der Waals surface area contributed by atoms with Gasteiger partial charge in [-0.2, -0.15) is 0 Å². The molecule has 0 spiro atoms. The predicted octanol–water partition coefficient (Wildman–Crippen LogP) is 4.29. The second-order valence-corrected chi connectivity index (χ2v) is 5.89. The van der Waals surface area contributed by atoms with Crippen LogP contribution in [-0.2, 0) is 6.54 Å². The molecule has 0 aliphatic rings. The van der Waals surface area contributed by atoms with Crippen LogP contribution >= 0.6 is 23.2 Å². The Morgan fingerprint density at radius 1 is 1.09 bits per heavy atom. The van der Waals surface area contributed by atoms with Gasteiger partial charge in [0.2, 0.25) is 0 Å². The third-order valence-electron chi connectivity index (χ3n) is 3.52. The average Bonchev–Trinajstić information content (AvgIpc) is 2.96. The zero-order valence-corrected chi connectivity index (χ0v) is 13.3. The molecule has 1 unspecified atom stereocenters. The van der Waals surface area contributed by atoms with Gasteiger partial charge in [-0.15, -0.1) is 0 Å². The fraction of sp³-hybridized carbons (Fsp3) is 0.118. The normalized spacial score (nSPS) is 12.3. The smallest absolute Gasteiger partial charge is 0.130 e. The van der Waals surface area contributed by atoms with Gasteiger partial charge in [0.25, 0.3) is 0 Å². The summed E-state index contributed by atoms with van der Waals surface area (Å²) in [4.78, 5) is 4.40. The molecule has 0 amide bonds. The van der Waals surface area contributed by atoms with Crippen LogP contribution in [0.25, 0.3) is 0 Å². The van der Waals surface area contributed by atoms with E-state index < -0.39 is 6.04 Å². The molecule has 0 saturated heterocycles. The van der Waals surface area contributed by atoms with E-state index in [1.165, 1.54) is 5.56 Å². The van der Waals surface area contributed by atoms with Crippen molar-refractivity contribution in [3.63, 3.8) is 0 Å². The molecule has 0 aliphatic heterocycles. The van der Waals surface area contributed by atoms with Gasteiger partial charge < -0.3 is 10.3 Å². The number of imidazole rings is 1. The maximum Gasteiger partial charge on any atom is 0.130 e. The standard InChI is InChI=1S/C17H15Cl2N3/c18-13-6-7-14(15(19)10-13)16(20)17-21-8-9-22(17)11-12-4-2-1-3-5-12/h1-10,16H,11,20H2. The summed E-state index contributed by atoms with van der Waals surface area (Å²) in [6.45, 7) is 0.717. The van der Waals surface area contributed by atoms with Gasteiger partial charge in [-0.3, -0.25) is 0 Å². The lowest BCUT2D eigenvalue weighted by Gasteiger charge is -2.16. The molecule has 3 rings (SSSR count). The molecule has 0 aliphatic carbocycles. The molecular formula is C17H15Cl2N3. The third-order valence-corrected chi connectivity index (χ3v) is 4.08. The van der Waals surface area contributed by atoms with Gasteiger partial charge in [-0.05, 0) is 23.3 Å². The monoisotopic (exact) mass is 331 g/mol. The van der Waals surface area contributed by atoms with E-state index in [4.69, 9.17) is 28.9 Å². The summed E-state index contributed by atoms with van der Waals surface area (Å²) in [7, 11) is 0. The summed E-state index contributed by atoms with van der Waals surface area (Å²) in [6, 6.07) is 15.1. The summed E-state index contributed by atoms with van der Waals surface area (Å²) in [5.41, 5.74) is 8.36. The summed E-state index contributed by atoms with van der Waals surface area (Å²) >= 11 is 12.2. The van der Waals surface area contributed by atoms with E-state index in [-0.39, 0.29) is 0 Å². The molecule has 112 valence electrons. The van der Waals surface area contributed by atoms with Crippen molar-refractivity contribution in [3.8, 4) is 0 Å². The first-order chi connectivity index (χ1) is 10.6. The van der Waals surface area contributed by atoms with Crippen LogP contribution in [0.1, 0.15) is 23.0 Å². The van der Waals surface area contributed by atoms with Crippen LogP contribution in [0.3, 0.4) is 0 Å². The van der Waals surface area contributed by atoms with Gasteiger partial charge in [0.05, 0.1) is 6.04 Å².